The van der Waals surface area contributed by atoms with E-state index in [2.05, 4.69) is 20.3 Å². The van der Waals surface area contributed by atoms with Crippen molar-refractivity contribution in [1.82, 2.24) is 25.2 Å². The average Bonchev–Trinajstić information content (AvgIpc) is 2.83. The van der Waals surface area contributed by atoms with Crippen LogP contribution in [0, 0.1) is 5.92 Å². The number of nitrogens with zero attached hydrogens (tertiary/aromatic N) is 4. The lowest BCUT2D eigenvalue weighted by Gasteiger charge is -2.35. The van der Waals surface area contributed by atoms with Crippen LogP contribution in [0.2, 0.25) is 5.15 Å². The fourth-order valence-electron chi connectivity index (χ4n) is 3.88. The minimum atomic E-state index is -0.766. The number of benzene rings is 1. The van der Waals surface area contributed by atoms with Gasteiger partial charge in [0.05, 0.1) is 17.2 Å². The number of hydrogen-bond acceptors (Lipinski definition) is 7. The lowest BCUT2D eigenvalue weighted by molar-refractivity contribution is -0.136. The fraction of sp³-hybridized carbons (Fsp3) is 0.375. The molecular weight excluding hydrogens is 458 g/mol. The van der Waals surface area contributed by atoms with Crippen LogP contribution in [0.4, 0.5) is 0 Å². The van der Waals surface area contributed by atoms with Gasteiger partial charge in [-0.2, -0.15) is 0 Å². The van der Waals surface area contributed by atoms with Gasteiger partial charge in [0.2, 0.25) is 11.8 Å². The first-order valence-corrected chi connectivity index (χ1v) is 11.5. The number of carbonyl (C=O) groups is 2. The van der Waals surface area contributed by atoms with Gasteiger partial charge in [0.15, 0.2) is 5.69 Å². The Morgan fingerprint density at radius 3 is 2.41 bits per heavy atom. The van der Waals surface area contributed by atoms with Crippen LogP contribution in [0.15, 0.2) is 42.6 Å². The van der Waals surface area contributed by atoms with Crippen molar-refractivity contribution in [3.05, 3.63) is 53.4 Å². The Balaban J connectivity index is 1.39. The highest BCUT2D eigenvalue weighted by Gasteiger charge is 2.33. The van der Waals surface area contributed by atoms with Crippen LogP contribution in [0.25, 0.3) is 11.0 Å². The van der Waals surface area contributed by atoms with Crippen LogP contribution in [0.5, 0.6) is 11.6 Å². The summed E-state index contributed by atoms with van der Waals surface area (Å²) in [4.78, 5) is 40.2. The van der Waals surface area contributed by atoms with Crippen molar-refractivity contribution in [3.63, 3.8) is 0 Å². The van der Waals surface area contributed by atoms with Crippen molar-refractivity contribution in [2.75, 3.05) is 13.1 Å². The first-order chi connectivity index (χ1) is 16.3. The summed E-state index contributed by atoms with van der Waals surface area (Å²) in [6.07, 6.45) is 2.85. The van der Waals surface area contributed by atoms with Gasteiger partial charge in [-0.1, -0.05) is 37.6 Å². The van der Waals surface area contributed by atoms with E-state index in [-0.39, 0.29) is 23.6 Å². The lowest BCUT2D eigenvalue weighted by atomic mass is 10.00. The molecule has 1 aliphatic heterocycles. The Bertz CT molecular complexity index is 1180. The second-order valence-electron chi connectivity index (χ2n) is 8.54. The number of fused-ring (bicyclic) bond motifs is 1. The smallest absolute Gasteiger partial charge is 0.276 e. The van der Waals surface area contributed by atoms with E-state index in [9.17, 15) is 14.7 Å². The number of likely N-dealkylation sites (tertiary alicyclic amines) is 1. The molecule has 1 atom stereocenters. The molecule has 1 aliphatic rings. The van der Waals surface area contributed by atoms with E-state index in [1.54, 1.807) is 47.5 Å². The molecule has 34 heavy (non-hydrogen) atoms. The molecule has 4 rings (SSSR count). The Kier molecular flexibility index (Phi) is 7.12. The maximum Gasteiger partial charge on any atom is 0.276 e. The number of hydrogen-bond donors (Lipinski definition) is 2. The summed E-state index contributed by atoms with van der Waals surface area (Å²) >= 11 is 5.81. The molecule has 3 aromatic rings. The molecular formula is C24H26ClN5O4. The predicted molar refractivity (Wildman–Crippen MR) is 127 cm³/mol. The number of halogens is 1. The molecule has 2 N–H and O–H groups in total. The fourth-order valence-corrected chi connectivity index (χ4v) is 3.99. The summed E-state index contributed by atoms with van der Waals surface area (Å²) in [5.74, 6) is -0.820. The second kappa shape index (κ2) is 10.2. The van der Waals surface area contributed by atoms with E-state index in [4.69, 9.17) is 16.3 Å². The van der Waals surface area contributed by atoms with E-state index in [1.165, 1.54) is 0 Å². The number of aromatic hydroxyl groups is 1. The third kappa shape index (κ3) is 5.36. The van der Waals surface area contributed by atoms with Crippen LogP contribution >= 0.6 is 11.6 Å². The van der Waals surface area contributed by atoms with Gasteiger partial charge in [0.25, 0.3) is 5.91 Å². The quantitative estimate of drug-likeness (QED) is 0.517. The molecule has 1 aromatic carbocycles. The molecule has 0 spiro atoms. The van der Waals surface area contributed by atoms with Gasteiger partial charge in [-0.3, -0.25) is 9.59 Å². The number of amides is 2. The second-order valence-corrected chi connectivity index (χ2v) is 8.93. The average molecular weight is 484 g/mol. The Morgan fingerprint density at radius 1 is 1.12 bits per heavy atom. The van der Waals surface area contributed by atoms with Crippen LogP contribution in [-0.4, -0.2) is 62.0 Å². The Morgan fingerprint density at radius 2 is 1.79 bits per heavy atom. The summed E-state index contributed by atoms with van der Waals surface area (Å²) in [5.41, 5.74) is 0.754. The highest BCUT2D eigenvalue weighted by molar-refractivity contribution is 6.29. The molecule has 178 valence electrons. The van der Waals surface area contributed by atoms with Crippen molar-refractivity contribution < 1.29 is 19.4 Å². The summed E-state index contributed by atoms with van der Waals surface area (Å²) in [6.45, 7) is 4.73. The number of pyridine rings is 1. The molecule has 2 aromatic heterocycles. The van der Waals surface area contributed by atoms with Gasteiger partial charge in [0, 0.05) is 25.9 Å². The molecule has 1 fully saturated rings. The van der Waals surface area contributed by atoms with Crippen molar-refractivity contribution in [2.24, 2.45) is 5.92 Å². The monoisotopic (exact) mass is 483 g/mol. The molecule has 0 radical (unpaired) electrons. The standard InChI is InChI=1S/C24H26ClN5O4/c1-14(2)20(29-23(32)21-22(31)28-18-6-4-3-5-17(18)27-21)24(33)30-11-9-15(10-12-30)34-16-7-8-19(25)26-13-16/h3-8,13-15,20H,9-12H2,1-2H3,(H,28,31)(H,29,32)/t20-/m0/s1. The third-order valence-electron chi connectivity index (χ3n) is 5.74. The zero-order valence-electron chi connectivity index (χ0n) is 18.9. The van der Waals surface area contributed by atoms with Crippen molar-refractivity contribution in [3.8, 4) is 11.6 Å². The first-order valence-electron chi connectivity index (χ1n) is 11.2. The zero-order valence-corrected chi connectivity index (χ0v) is 19.7. The minimum Gasteiger partial charge on any atom is -0.492 e. The van der Waals surface area contributed by atoms with Gasteiger partial charge >= 0.3 is 0 Å². The summed E-state index contributed by atoms with van der Waals surface area (Å²) in [7, 11) is 0. The number of nitrogens with one attached hydrogen (secondary N) is 1. The molecule has 10 heteroatoms. The Labute approximate surface area is 202 Å². The molecule has 0 saturated carbocycles. The first kappa shape index (κ1) is 23.7. The number of carbonyl (C=O) groups excluding carboxylic acids is 2. The van der Waals surface area contributed by atoms with E-state index >= 15 is 0 Å². The predicted octanol–water partition coefficient (Wildman–Crippen LogP) is 3.21. The molecule has 1 saturated heterocycles. The van der Waals surface area contributed by atoms with Crippen LogP contribution in [0.3, 0.4) is 0 Å². The minimum absolute atomic E-state index is 0.0380. The lowest BCUT2D eigenvalue weighted by Crippen LogP contribution is -2.53. The third-order valence-corrected chi connectivity index (χ3v) is 5.97. The van der Waals surface area contributed by atoms with Crippen molar-refractivity contribution in [2.45, 2.75) is 38.8 Å². The number of ether oxygens (including phenoxy) is 1. The molecule has 0 unspecified atom stereocenters. The molecule has 0 bridgehead atoms. The molecule has 9 nitrogen and oxygen atoms in total. The number of piperidine rings is 1. The topological polar surface area (TPSA) is 118 Å². The highest BCUT2D eigenvalue weighted by atomic mass is 35.5. The van der Waals surface area contributed by atoms with Gasteiger partial charge in [0.1, 0.15) is 23.0 Å². The van der Waals surface area contributed by atoms with Gasteiger partial charge in [-0.05, 0) is 30.2 Å². The van der Waals surface area contributed by atoms with Crippen molar-refractivity contribution >= 4 is 34.4 Å². The van der Waals surface area contributed by atoms with Gasteiger partial charge in [-0.15, -0.1) is 0 Å². The van der Waals surface area contributed by atoms with E-state index < -0.39 is 17.8 Å². The van der Waals surface area contributed by atoms with Crippen LogP contribution in [0.1, 0.15) is 37.2 Å². The SMILES string of the molecule is CC(C)[C@H](NC(=O)c1nc2ccccc2nc1O)C(=O)N1CCC(Oc2ccc(Cl)nc2)CC1. The summed E-state index contributed by atoms with van der Waals surface area (Å²) in [5, 5.41) is 13.4. The van der Waals surface area contributed by atoms with Crippen molar-refractivity contribution in [1.29, 1.82) is 0 Å². The summed E-state index contributed by atoms with van der Waals surface area (Å²) in [6, 6.07) is 9.61. The van der Waals surface area contributed by atoms with E-state index in [1.807, 2.05) is 13.8 Å². The van der Waals surface area contributed by atoms with Crippen LogP contribution < -0.4 is 10.1 Å². The normalized spacial score (nSPS) is 15.4. The van der Waals surface area contributed by atoms with Crippen LogP contribution in [-0.2, 0) is 4.79 Å². The maximum absolute atomic E-state index is 13.3. The number of para-hydroxylation sites is 2. The van der Waals surface area contributed by atoms with Gasteiger partial charge < -0.3 is 20.1 Å². The zero-order chi connectivity index (χ0) is 24.2. The highest BCUT2D eigenvalue weighted by Crippen LogP contribution is 2.22. The molecule has 3 heterocycles. The summed E-state index contributed by atoms with van der Waals surface area (Å²) < 4.78 is 5.95. The van der Waals surface area contributed by atoms with E-state index in [0.717, 1.165) is 0 Å². The van der Waals surface area contributed by atoms with E-state index in [0.29, 0.717) is 47.9 Å². The maximum atomic E-state index is 13.3. The largest absolute Gasteiger partial charge is 0.492 e. The number of aromatic nitrogens is 3. The number of rotatable bonds is 6. The molecule has 2 amide bonds. The van der Waals surface area contributed by atoms with Gasteiger partial charge in [-0.25, -0.2) is 15.0 Å². The molecule has 0 aliphatic carbocycles. The Hall–Kier alpha value is -3.46.